The summed E-state index contributed by atoms with van der Waals surface area (Å²) in [4.78, 5) is 34.4. The number of anilines is 1. The van der Waals surface area contributed by atoms with Crippen LogP contribution in [0.1, 0.15) is 27.3 Å². The molecule has 25 heavy (non-hydrogen) atoms. The summed E-state index contributed by atoms with van der Waals surface area (Å²) in [7, 11) is 1.77. The fourth-order valence-electron chi connectivity index (χ4n) is 2.40. The van der Waals surface area contributed by atoms with E-state index in [1.54, 1.807) is 25.6 Å². The van der Waals surface area contributed by atoms with E-state index in [-0.39, 0.29) is 23.7 Å². The third kappa shape index (κ3) is 4.00. The molecule has 0 saturated carbocycles. The van der Waals surface area contributed by atoms with Gasteiger partial charge in [0.05, 0.1) is 28.5 Å². The summed E-state index contributed by atoms with van der Waals surface area (Å²) in [6.45, 7) is 4.94. The third-order valence-electron chi connectivity index (χ3n) is 3.84. The lowest BCUT2D eigenvalue weighted by Gasteiger charge is -2.08. The van der Waals surface area contributed by atoms with Crippen LogP contribution in [-0.4, -0.2) is 33.1 Å². The van der Waals surface area contributed by atoms with Gasteiger partial charge in [0.15, 0.2) is 0 Å². The van der Waals surface area contributed by atoms with Crippen LogP contribution >= 0.6 is 0 Å². The Hall–Kier alpha value is -3.23. The van der Waals surface area contributed by atoms with Crippen LogP contribution in [0.5, 0.6) is 0 Å². The van der Waals surface area contributed by atoms with E-state index in [0.29, 0.717) is 16.9 Å². The van der Waals surface area contributed by atoms with E-state index in [1.807, 2.05) is 6.92 Å². The van der Waals surface area contributed by atoms with E-state index in [1.165, 1.54) is 18.2 Å². The van der Waals surface area contributed by atoms with E-state index in [4.69, 9.17) is 0 Å². The number of hydrogen-bond donors (Lipinski definition) is 2. The van der Waals surface area contributed by atoms with Gasteiger partial charge in [-0.3, -0.25) is 24.4 Å². The zero-order valence-electron chi connectivity index (χ0n) is 14.4. The molecule has 0 bridgehead atoms. The average molecular weight is 345 g/mol. The second-order valence-electron chi connectivity index (χ2n) is 5.66. The van der Waals surface area contributed by atoms with E-state index >= 15 is 0 Å². The molecule has 9 heteroatoms. The second kappa shape index (κ2) is 7.12. The topological polar surface area (TPSA) is 119 Å². The molecule has 2 aromatic rings. The first kappa shape index (κ1) is 18.1. The van der Waals surface area contributed by atoms with Crippen molar-refractivity contribution in [2.24, 2.45) is 7.05 Å². The lowest BCUT2D eigenvalue weighted by molar-refractivity contribution is -0.385. The minimum absolute atomic E-state index is 0.0585. The number of amides is 2. The SMILES string of the molecule is Cc1cc(C(=O)NCC(=O)Nc2c(C)nn(C)c2C)ccc1[N+](=O)[O-]. The van der Waals surface area contributed by atoms with Crippen LogP contribution in [0.4, 0.5) is 11.4 Å². The molecule has 132 valence electrons. The molecule has 0 unspecified atom stereocenters. The van der Waals surface area contributed by atoms with Crippen LogP contribution in [0.2, 0.25) is 0 Å². The van der Waals surface area contributed by atoms with Crippen molar-refractivity contribution in [3.63, 3.8) is 0 Å². The van der Waals surface area contributed by atoms with Crippen LogP contribution in [0.15, 0.2) is 18.2 Å². The van der Waals surface area contributed by atoms with Gasteiger partial charge in [-0.1, -0.05) is 0 Å². The summed E-state index contributed by atoms with van der Waals surface area (Å²) < 4.78 is 1.66. The van der Waals surface area contributed by atoms with E-state index < -0.39 is 10.8 Å². The maximum absolute atomic E-state index is 12.1. The molecule has 0 fully saturated rings. The molecule has 0 aliphatic carbocycles. The Morgan fingerprint density at radius 3 is 2.48 bits per heavy atom. The molecule has 1 aromatic carbocycles. The fourth-order valence-corrected chi connectivity index (χ4v) is 2.40. The number of aromatic nitrogens is 2. The predicted molar refractivity (Wildman–Crippen MR) is 91.5 cm³/mol. The Morgan fingerprint density at radius 2 is 1.96 bits per heavy atom. The Labute approximate surface area is 144 Å². The lowest BCUT2D eigenvalue weighted by atomic mass is 10.1. The maximum Gasteiger partial charge on any atom is 0.272 e. The Kier molecular flexibility index (Phi) is 5.16. The highest BCUT2D eigenvalue weighted by molar-refractivity contribution is 5.99. The van der Waals surface area contributed by atoms with Crippen molar-refractivity contribution in [1.82, 2.24) is 15.1 Å². The number of nitrogens with one attached hydrogen (secondary N) is 2. The number of nitro benzene ring substituents is 1. The largest absolute Gasteiger partial charge is 0.343 e. The van der Waals surface area contributed by atoms with Crippen molar-refractivity contribution in [2.75, 3.05) is 11.9 Å². The highest BCUT2D eigenvalue weighted by Crippen LogP contribution is 2.19. The molecule has 2 N–H and O–H groups in total. The summed E-state index contributed by atoms with van der Waals surface area (Å²) in [5, 5.41) is 20.2. The first-order valence-corrected chi connectivity index (χ1v) is 7.54. The zero-order chi connectivity index (χ0) is 18.7. The van der Waals surface area contributed by atoms with Crippen molar-refractivity contribution < 1.29 is 14.5 Å². The standard InChI is InChI=1S/C16H19N5O4/c1-9-7-12(5-6-13(9)21(24)25)16(23)17-8-14(22)18-15-10(2)19-20(4)11(15)3/h5-7H,8H2,1-4H3,(H,17,23)(H,18,22). The van der Waals surface area contributed by atoms with Gasteiger partial charge in [0.2, 0.25) is 5.91 Å². The number of carbonyl (C=O) groups excluding carboxylic acids is 2. The van der Waals surface area contributed by atoms with Gasteiger partial charge in [0.25, 0.3) is 11.6 Å². The van der Waals surface area contributed by atoms with Gasteiger partial charge in [0.1, 0.15) is 0 Å². The van der Waals surface area contributed by atoms with Crippen LogP contribution < -0.4 is 10.6 Å². The van der Waals surface area contributed by atoms with Gasteiger partial charge < -0.3 is 10.6 Å². The minimum Gasteiger partial charge on any atom is -0.343 e. The molecule has 0 aliphatic rings. The summed E-state index contributed by atoms with van der Waals surface area (Å²) in [6.07, 6.45) is 0. The monoisotopic (exact) mass is 345 g/mol. The number of hydrogen-bond acceptors (Lipinski definition) is 5. The van der Waals surface area contributed by atoms with Gasteiger partial charge in [-0.25, -0.2) is 0 Å². The molecule has 1 heterocycles. The van der Waals surface area contributed by atoms with Crippen molar-refractivity contribution in [2.45, 2.75) is 20.8 Å². The van der Waals surface area contributed by atoms with E-state index in [9.17, 15) is 19.7 Å². The normalized spacial score (nSPS) is 10.4. The number of nitrogens with zero attached hydrogens (tertiary/aromatic N) is 3. The minimum atomic E-state index is -0.511. The molecule has 2 amide bonds. The van der Waals surface area contributed by atoms with Gasteiger partial charge in [-0.15, -0.1) is 0 Å². The van der Waals surface area contributed by atoms with Crippen molar-refractivity contribution in [1.29, 1.82) is 0 Å². The number of rotatable bonds is 5. The third-order valence-corrected chi connectivity index (χ3v) is 3.84. The predicted octanol–water partition coefficient (Wildman–Crippen LogP) is 1.62. The van der Waals surface area contributed by atoms with Gasteiger partial charge in [-0.2, -0.15) is 5.10 Å². The van der Waals surface area contributed by atoms with Crippen LogP contribution in [0.25, 0.3) is 0 Å². The molecule has 9 nitrogen and oxygen atoms in total. The smallest absolute Gasteiger partial charge is 0.272 e. The van der Waals surface area contributed by atoms with Gasteiger partial charge in [-0.05, 0) is 32.9 Å². The molecule has 0 spiro atoms. The molecule has 0 saturated heterocycles. The molecule has 0 atom stereocenters. The van der Waals surface area contributed by atoms with Crippen LogP contribution in [0, 0.1) is 30.9 Å². The first-order chi connectivity index (χ1) is 11.7. The fraction of sp³-hybridized carbons (Fsp3) is 0.312. The van der Waals surface area contributed by atoms with Crippen molar-refractivity contribution in [3.05, 3.63) is 50.8 Å². The van der Waals surface area contributed by atoms with E-state index in [2.05, 4.69) is 15.7 Å². The van der Waals surface area contributed by atoms with Gasteiger partial charge in [0, 0.05) is 24.2 Å². The van der Waals surface area contributed by atoms with E-state index in [0.717, 1.165) is 5.69 Å². The Morgan fingerprint density at radius 1 is 1.28 bits per heavy atom. The lowest BCUT2D eigenvalue weighted by Crippen LogP contribution is -2.33. The quantitative estimate of drug-likeness (QED) is 0.630. The molecular formula is C16H19N5O4. The average Bonchev–Trinajstić information content (AvgIpc) is 2.78. The van der Waals surface area contributed by atoms with Crippen molar-refractivity contribution >= 4 is 23.2 Å². The first-order valence-electron chi connectivity index (χ1n) is 7.54. The molecule has 2 rings (SSSR count). The van der Waals surface area contributed by atoms with Crippen molar-refractivity contribution in [3.8, 4) is 0 Å². The van der Waals surface area contributed by atoms with Crippen LogP contribution in [0.3, 0.4) is 0 Å². The molecular weight excluding hydrogens is 326 g/mol. The number of aryl methyl sites for hydroxylation is 3. The number of nitro groups is 1. The maximum atomic E-state index is 12.1. The summed E-state index contributed by atoms with van der Waals surface area (Å²) in [5.41, 5.74) is 2.69. The number of carbonyl (C=O) groups is 2. The van der Waals surface area contributed by atoms with Crippen LogP contribution in [-0.2, 0) is 11.8 Å². The Balaban J connectivity index is 1.99. The molecule has 1 aromatic heterocycles. The molecule has 0 aliphatic heterocycles. The summed E-state index contributed by atoms with van der Waals surface area (Å²) in [5.74, 6) is -0.862. The summed E-state index contributed by atoms with van der Waals surface area (Å²) in [6, 6.07) is 4.04. The van der Waals surface area contributed by atoms with Gasteiger partial charge >= 0.3 is 0 Å². The number of benzene rings is 1. The highest BCUT2D eigenvalue weighted by atomic mass is 16.6. The Bertz CT molecular complexity index is 856. The summed E-state index contributed by atoms with van der Waals surface area (Å²) >= 11 is 0. The zero-order valence-corrected chi connectivity index (χ0v) is 14.4. The second-order valence-corrected chi connectivity index (χ2v) is 5.66. The molecule has 0 radical (unpaired) electrons. The highest BCUT2D eigenvalue weighted by Gasteiger charge is 2.16.